The number of amides is 2. The Morgan fingerprint density at radius 1 is 0.878 bits per heavy atom. The minimum Gasteiger partial charge on any atom is -0.480 e. The van der Waals surface area contributed by atoms with Crippen molar-refractivity contribution in [1.82, 2.24) is 10.6 Å². The fraction of sp³-hybridized carbons (Fsp3) is 0.364. The predicted molar refractivity (Wildman–Crippen MR) is 154 cm³/mol. The molecule has 0 unspecified atom stereocenters. The topological polar surface area (TPSA) is 114 Å². The molecule has 3 aromatic rings. The van der Waals surface area contributed by atoms with E-state index in [4.69, 9.17) is 9.47 Å². The number of nitrogens with one attached hydrogen (secondary N) is 2. The highest BCUT2D eigenvalue weighted by atomic mass is 16.5. The van der Waals surface area contributed by atoms with Crippen LogP contribution in [-0.4, -0.2) is 47.9 Å². The van der Waals surface area contributed by atoms with Crippen LogP contribution in [0.4, 0.5) is 4.79 Å². The molecular weight excluding hydrogens is 520 g/mol. The predicted octanol–water partition coefficient (Wildman–Crippen LogP) is 5.26. The number of hydrogen-bond donors (Lipinski definition) is 3. The first-order chi connectivity index (χ1) is 19.9. The second-order valence-corrected chi connectivity index (χ2v) is 10.8. The van der Waals surface area contributed by atoms with Crippen LogP contribution in [-0.2, 0) is 25.7 Å². The Kier molecular flexibility index (Phi) is 8.99. The highest BCUT2D eigenvalue weighted by Crippen LogP contribution is 2.44. The molecule has 3 aromatic carbocycles. The van der Waals surface area contributed by atoms with Crippen molar-refractivity contribution in [3.05, 3.63) is 95.6 Å². The van der Waals surface area contributed by atoms with Crippen molar-refractivity contribution < 1.29 is 29.0 Å². The quantitative estimate of drug-likeness (QED) is 0.314. The van der Waals surface area contributed by atoms with Crippen molar-refractivity contribution in [2.45, 2.75) is 63.3 Å². The number of aliphatic carboxylic acids is 1. The normalized spacial score (nSPS) is 19.3. The lowest BCUT2D eigenvalue weighted by Gasteiger charge is -2.32. The fourth-order valence-electron chi connectivity index (χ4n) is 5.95. The Hall–Kier alpha value is -4.17. The number of ether oxygens (including phenoxy) is 2. The number of fused-ring (bicyclic) bond motifs is 3. The Morgan fingerprint density at radius 3 is 2.15 bits per heavy atom. The lowest BCUT2D eigenvalue weighted by molar-refractivity contribution is -0.147. The smallest absolute Gasteiger partial charge is 0.407 e. The first kappa shape index (κ1) is 28.4. The molecule has 214 valence electrons. The maximum atomic E-state index is 13.3. The second-order valence-electron chi connectivity index (χ2n) is 10.8. The average molecular weight is 557 g/mol. The van der Waals surface area contributed by atoms with Crippen molar-refractivity contribution in [2.75, 3.05) is 6.61 Å². The Bertz CT molecular complexity index is 1330. The summed E-state index contributed by atoms with van der Waals surface area (Å²) in [5.74, 6) is -2.20. The van der Waals surface area contributed by atoms with Crippen LogP contribution in [0.15, 0.2) is 78.9 Å². The standard InChI is InChI=1S/C33H36N2O6/c1-21(40-19-22-11-3-2-4-12-22)30(32(37)38)35-31(36)27-17-9-10-18-29(27)34-33(39)41-20-28-25-15-7-5-13-23(25)24-14-6-8-16-26(24)28/h2-8,11-16,21,27-30H,9-10,17-20H2,1H3,(H,34,39)(H,35,36)(H,37,38)/t21-,27+,29-,30+/m1/s1. The Balaban J connectivity index is 1.18. The van der Waals surface area contributed by atoms with E-state index in [2.05, 4.69) is 34.9 Å². The first-order valence-corrected chi connectivity index (χ1v) is 14.2. The maximum Gasteiger partial charge on any atom is 0.407 e. The molecule has 5 rings (SSSR count). The highest BCUT2D eigenvalue weighted by molar-refractivity contribution is 5.86. The summed E-state index contributed by atoms with van der Waals surface area (Å²) in [5, 5.41) is 15.4. The zero-order valence-corrected chi connectivity index (χ0v) is 23.1. The average Bonchev–Trinajstić information content (AvgIpc) is 3.31. The van der Waals surface area contributed by atoms with Crippen LogP contribution >= 0.6 is 0 Å². The van der Waals surface area contributed by atoms with Crippen molar-refractivity contribution in [2.24, 2.45) is 5.92 Å². The minimum atomic E-state index is -1.22. The fourth-order valence-corrected chi connectivity index (χ4v) is 5.95. The number of benzene rings is 3. The zero-order valence-electron chi connectivity index (χ0n) is 23.1. The van der Waals surface area contributed by atoms with Gasteiger partial charge in [0.05, 0.1) is 18.6 Å². The van der Waals surface area contributed by atoms with Gasteiger partial charge in [0.2, 0.25) is 5.91 Å². The van der Waals surface area contributed by atoms with Gasteiger partial charge >= 0.3 is 12.1 Å². The largest absolute Gasteiger partial charge is 0.480 e. The lowest BCUT2D eigenvalue weighted by Crippen LogP contribution is -2.54. The molecule has 0 bridgehead atoms. The summed E-state index contributed by atoms with van der Waals surface area (Å²) in [7, 11) is 0. The third-order valence-corrected chi connectivity index (χ3v) is 8.14. The van der Waals surface area contributed by atoms with Gasteiger partial charge in [-0.1, -0.05) is 91.7 Å². The molecule has 8 nitrogen and oxygen atoms in total. The SMILES string of the molecule is C[C@@H](OCc1ccccc1)[C@H](NC(=O)[C@H]1CCCC[C@H]1NC(=O)OCC1c2ccccc2-c2ccccc21)C(=O)O. The number of carboxylic acid groups (broad SMARTS) is 1. The molecule has 0 aromatic heterocycles. The van der Waals surface area contributed by atoms with Crippen LogP contribution in [0.25, 0.3) is 11.1 Å². The van der Waals surface area contributed by atoms with Gasteiger partial charge in [0.1, 0.15) is 6.61 Å². The van der Waals surface area contributed by atoms with E-state index in [1.54, 1.807) is 6.92 Å². The summed E-state index contributed by atoms with van der Waals surface area (Å²) in [5.41, 5.74) is 5.46. The van der Waals surface area contributed by atoms with Gasteiger partial charge in [0.25, 0.3) is 0 Å². The molecule has 2 aliphatic carbocycles. The van der Waals surface area contributed by atoms with Gasteiger partial charge in [-0.15, -0.1) is 0 Å². The van der Waals surface area contributed by atoms with E-state index < -0.39 is 42.1 Å². The van der Waals surface area contributed by atoms with E-state index in [1.165, 1.54) is 0 Å². The highest BCUT2D eigenvalue weighted by Gasteiger charge is 2.36. The van der Waals surface area contributed by atoms with Gasteiger partial charge in [0, 0.05) is 12.0 Å². The summed E-state index contributed by atoms with van der Waals surface area (Å²) in [6.07, 6.45) is 1.50. The third-order valence-electron chi connectivity index (χ3n) is 8.14. The molecule has 0 aliphatic heterocycles. The van der Waals surface area contributed by atoms with E-state index in [0.717, 1.165) is 40.7 Å². The number of carbonyl (C=O) groups excluding carboxylic acids is 2. The zero-order chi connectivity index (χ0) is 28.8. The monoisotopic (exact) mass is 556 g/mol. The molecule has 0 spiro atoms. The summed E-state index contributed by atoms with van der Waals surface area (Å²) in [4.78, 5) is 38.3. The Labute approximate surface area is 240 Å². The molecule has 1 fully saturated rings. The second kappa shape index (κ2) is 13.0. The number of rotatable bonds is 10. The van der Waals surface area contributed by atoms with E-state index in [9.17, 15) is 19.5 Å². The van der Waals surface area contributed by atoms with Gasteiger partial charge < -0.3 is 25.2 Å². The molecule has 3 N–H and O–H groups in total. The van der Waals surface area contributed by atoms with Crippen LogP contribution in [0.5, 0.6) is 0 Å². The summed E-state index contributed by atoms with van der Waals surface area (Å²) in [6.45, 7) is 2.05. The van der Waals surface area contributed by atoms with E-state index in [1.807, 2.05) is 54.6 Å². The lowest BCUT2D eigenvalue weighted by atomic mass is 9.83. The number of carbonyl (C=O) groups is 3. The van der Waals surface area contributed by atoms with Crippen LogP contribution in [0.3, 0.4) is 0 Å². The van der Waals surface area contributed by atoms with Gasteiger partial charge in [-0.05, 0) is 47.6 Å². The molecule has 0 saturated heterocycles. The van der Waals surface area contributed by atoms with Crippen molar-refractivity contribution in [3.8, 4) is 11.1 Å². The van der Waals surface area contributed by atoms with Gasteiger partial charge in [-0.3, -0.25) is 4.79 Å². The van der Waals surface area contributed by atoms with Crippen LogP contribution in [0.1, 0.15) is 55.2 Å². The van der Waals surface area contributed by atoms with Crippen molar-refractivity contribution in [1.29, 1.82) is 0 Å². The Morgan fingerprint density at radius 2 is 1.49 bits per heavy atom. The molecule has 4 atom stereocenters. The minimum absolute atomic E-state index is 0.0627. The van der Waals surface area contributed by atoms with E-state index in [0.29, 0.717) is 12.8 Å². The molecule has 2 amide bonds. The summed E-state index contributed by atoms with van der Waals surface area (Å²) in [6, 6.07) is 24.0. The summed E-state index contributed by atoms with van der Waals surface area (Å²) >= 11 is 0. The van der Waals surface area contributed by atoms with Crippen molar-refractivity contribution in [3.63, 3.8) is 0 Å². The molecule has 8 heteroatoms. The maximum absolute atomic E-state index is 13.3. The molecule has 41 heavy (non-hydrogen) atoms. The first-order valence-electron chi connectivity index (χ1n) is 14.2. The number of carboxylic acids is 1. The van der Waals surface area contributed by atoms with Gasteiger partial charge in [-0.2, -0.15) is 0 Å². The molecule has 1 saturated carbocycles. The van der Waals surface area contributed by atoms with Crippen LogP contribution in [0.2, 0.25) is 0 Å². The van der Waals surface area contributed by atoms with Gasteiger partial charge in [0.15, 0.2) is 6.04 Å². The number of hydrogen-bond acceptors (Lipinski definition) is 5. The molecular formula is C33H36N2O6. The summed E-state index contributed by atoms with van der Waals surface area (Å²) < 4.78 is 11.5. The molecule has 2 aliphatic rings. The van der Waals surface area contributed by atoms with Crippen LogP contribution in [0, 0.1) is 5.92 Å². The molecule has 0 heterocycles. The molecule has 0 radical (unpaired) electrons. The number of alkyl carbamates (subject to hydrolysis) is 1. The van der Waals surface area contributed by atoms with Crippen molar-refractivity contribution >= 4 is 18.0 Å². The van der Waals surface area contributed by atoms with Crippen LogP contribution < -0.4 is 10.6 Å². The van der Waals surface area contributed by atoms with E-state index >= 15 is 0 Å². The third kappa shape index (κ3) is 6.60. The van der Waals surface area contributed by atoms with Gasteiger partial charge in [-0.25, -0.2) is 9.59 Å². The van der Waals surface area contributed by atoms with E-state index in [-0.39, 0.29) is 19.1 Å².